The number of halogens is 1. The SMILES string of the molecule is CC(=O)O[C@]1(C(C)=O)CC[C@H]2[C@@H]3C=C(Cl)C4=CC(=O)OC(O)[C@]4(C)[C@H]3CC[C@@]21C. The molecule has 29 heavy (non-hydrogen) atoms. The third-order valence-corrected chi connectivity index (χ3v) is 8.62. The molecule has 0 bridgehead atoms. The van der Waals surface area contributed by atoms with Crippen LogP contribution in [0.1, 0.15) is 53.4 Å². The summed E-state index contributed by atoms with van der Waals surface area (Å²) in [5, 5.41) is 11.2. The molecule has 1 aliphatic heterocycles. The number of ketones is 1. The fourth-order valence-corrected chi connectivity index (χ4v) is 7.23. The van der Waals surface area contributed by atoms with Crippen LogP contribution < -0.4 is 0 Å². The fourth-order valence-electron chi connectivity index (χ4n) is 6.83. The number of allylic oxidation sites excluding steroid dienone is 2. The Labute approximate surface area is 175 Å². The number of carbonyl (C=O) groups is 3. The number of aliphatic hydroxyl groups excluding tert-OH is 1. The van der Waals surface area contributed by atoms with Crippen LogP contribution in [0.4, 0.5) is 0 Å². The van der Waals surface area contributed by atoms with Gasteiger partial charge in [0, 0.05) is 23.4 Å². The number of fused-ring (bicyclic) bond motifs is 5. The van der Waals surface area contributed by atoms with Gasteiger partial charge in [0.2, 0.25) is 6.29 Å². The van der Waals surface area contributed by atoms with E-state index in [1.807, 2.05) is 19.9 Å². The topological polar surface area (TPSA) is 89.9 Å². The molecule has 0 radical (unpaired) electrons. The minimum Gasteiger partial charge on any atom is -0.451 e. The molecule has 3 aliphatic carbocycles. The lowest BCUT2D eigenvalue weighted by Crippen LogP contribution is -2.60. The number of aliphatic hydroxyl groups is 1. The van der Waals surface area contributed by atoms with E-state index in [9.17, 15) is 19.5 Å². The quantitative estimate of drug-likeness (QED) is 0.687. The first kappa shape index (κ1) is 20.6. The summed E-state index contributed by atoms with van der Waals surface area (Å²) in [5.74, 6) is -1.14. The Bertz CT molecular complexity index is 861. The number of cyclic esters (lactones) is 1. The average molecular weight is 423 g/mol. The molecule has 4 rings (SSSR count). The van der Waals surface area contributed by atoms with Gasteiger partial charge in [0.15, 0.2) is 11.4 Å². The molecule has 1 heterocycles. The van der Waals surface area contributed by atoms with Crippen molar-refractivity contribution < 1.29 is 29.0 Å². The molecule has 6 nitrogen and oxygen atoms in total. The molecule has 7 heteroatoms. The van der Waals surface area contributed by atoms with Crippen molar-refractivity contribution in [1.82, 2.24) is 0 Å². The highest BCUT2D eigenvalue weighted by molar-refractivity contribution is 6.32. The number of carbonyl (C=O) groups excluding carboxylic acids is 3. The van der Waals surface area contributed by atoms with E-state index < -0.39 is 34.7 Å². The number of hydrogen-bond donors (Lipinski definition) is 1. The van der Waals surface area contributed by atoms with Gasteiger partial charge in [-0.3, -0.25) is 9.59 Å². The van der Waals surface area contributed by atoms with Gasteiger partial charge in [-0.15, -0.1) is 0 Å². The Morgan fingerprint density at radius 3 is 2.48 bits per heavy atom. The van der Waals surface area contributed by atoms with Gasteiger partial charge in [0.05, 0.1) is 5.41 Å². The van der Waals surface area contributed by atoms with Crippen LogP contribution in [0, 0.1) is 28.6 Å². The first-order chi connectivity index (χ1) is 13.5. The zero-order valence-electron chi connectivity index (χ0n) is 17.2. The minimum absolute atomic E-state index is 0.00230. The minimum atomic E-state index is -1.28. The number of ether oxygens (including phenoxy) is 2. The molecule has 1 unspecified atom stereocenters. The Morgan fingerprint density at radius 2 is 1.86 bits per heavy atom. The number of Topliss-reactive ketones (excluding diaryl/α,β-unsaturated/α-hetero) is 1. The maximum atomic E-state index is 12.7. The monoisotopic (exact) mass is 422 g/mol. The van der Waals surface area contributed by atoms with Crippen molar-refractivity contribution in [1.29, 1.82) is 0 Å². The standard InChI is InChI=1S/C22H27ClO6/c1-11(24)22(29-12(2)25)8-6-14-13-9-17(23)16-10-18(26)28-19(27)21(16,4)15(13)5-7-20(14,22)3/h9-10,13-15,19,27H,5-8H2,1-4H3/t13-,14-,15-,19?,20-,21+,22-/m0/s1. The van der Waals surface area contributed by atoms with E-state index in [0.717, 1.165) is 6.42 Å². The largest absolute Gasteiger partial charge is 0.451 e. The van der Waals surface area contributed by atoms with Crippen LogP contribution in [0.2, 0.25) is 0 Å². The van der Waals surface area contributed by atoms with E-state index in [2.05, 4.69) is 0 Å². The van der Waals surface area contributed by atoms with Gasteiger partial charge in [-0.1, -0.05) is 24.6 Å². The van der Waals surface area contributed by atoms with Gasteiger partial charge in [0.25, 0.3) is 0 Å². The molecule has 0 saturated heterocycles. The average Bonchev–Trinajstić information content (AvgIpc) is 2.91. The van der Waals surface area contributed by atoms with Crippen LogP contribution in [0.3, 0.4) is 0 Å². The molecular formula is C22H27ClO6. The maximum Gasteiger partial charge on any atom is 0.333 e. The van der Waals surface area contributed by atoms with Crippen molar-refractivity contribution in [3.63, 3.8) is 0 Å². The van der Waals surface area contributed by atoms with Gasteiger partial charge in [-0.05, 0) is 62.9 Å². The first-order valence-electron chi connectivity index (χ1n) is 10.2. The van der Waals surface area contributed by atoms with E-state index in [1.54, 1.807) is 0 Å². The summed E-state index contributed by atoms with van der Waals surface area (Å²) < 4.78 is 10.9. The summed E-state index contributed by atoms with van der Waals surface area (Å²) in [5.41, 5.74) is -1.85. The van der Waals surface area contributed by atoms with Crippen molar-refractivity contribution in [2.45, 2.75) is 65.3 Å². The van der Waals surface area contributed by atoms with Crippen LogP contribution >= 0.6 is 11.6 Å². The highest BCUT2D eigenvalue weighted by Gasteiger charge is 2.68. The fraction of sp³-hybridized carbons (Fsp3) is 0.682. The van der Waals surface area contributed by atoms with E-state index in [0.29, 0.717) is 29.9 Å². The summed E-state index contributed by atoms with van der Waals surface area (Å²) in [7, 11) is 0. The lowest BCUT2D eigenvalue weighted by atomic mass is 9.48. The van der Waals surface area contributed by atoms with Crippen molar-refractivity contribution >= 4 is 29.3 Å². The first-order valence-corrected chi connectivity index (χ1v) is 10.5. The molecule has 158 valence electrons. The Balaban J connectivity index is 1.81. The molecule has 2 saturated carbocycles. The van der Waals surface area contributed by atoms with Crippen molar-refractivity contribution in [2.75, 3.05) is 0 Å². The van der Waals surface area contributed by atoms with Crippen molar-refractivity contribution in [3.8, 4) is 0 Å². The summed E-state index contributed by atoms with van der Waals surface area (Å²) in [6.45, 7) is 6.77. The lowest BCUT2D eigenvalue weighted by molar-refractivity contribution is -0.207. The predicted molar refractivity (Wildman–Crippen MR) is 104 cm³/mol. The number of esters is 2. The summed E-state index contributed by atoms with van der Waals surface area (Å²) in [4.78, 5) is 36.5. The summed E-state index contributed by atoms with van der Waals surface area (Å²) >= 11 is 6.61. The third kappa shape index (κ3) is 2.54. The van der Waals surface area contributed by atoms with Crippen LogP contribution in [0.25, 0.3) is 0 Å². The smallest absolute Gasteiger partial charge is 0.333 e. The zero-order valence-corrected chi connectivity index (χ0v) is 17.9. The third-order valence-electron chi connectivity index (χ3n) is 8.29. The molecule has 7 atom stereocenters. The maximum absolute atomic E-state index is 12.7. The Kier molecular flexibility index (Phi) is 4.56. The number of hydrogen-bond acceptors (Lipinski definition) is 6. The molecule has 0 spiro atoms. The molecular weight excluding hydrogens is 396 g/mol. The van der Waals surface area contributed by atoms with Gasteiger partial charge >= 0.3 is 11.9 Å². The van der Waals surface area contributed by atoms with Crippen LogP contribution in [0.5, 0.6) is 0 Å². The molecule has 0 aromatic rings. The lowest BCUT2D eigenvalue weighted by Gasteiger charge is -2.58. The zero-order chi connectivity index (χ0) is 21.4. The normalized spacial score (nSPS) is 45.8. The van der Waals surface area contributed by atoms with E-state index in [-0.39, 0.29) is 23.5 Å². The second-order valence-electron chi connectivity index (χ2n) is 9.41. The molecule has 0 amide bonds. The number of rotatable bonds is 2. The van der Waals surface area contributed by atoms with Gasteiger partial charge < -0.3 is 14.6 Å². The van der Waals surface area contributed by atoms with Crippen molar-refractivity contribution in [2.24, 2.45) is 28.6 Å². The van der Waals surface area contributed by atoms with Crippen LogP contribution in [0.15, 0.2) is 22.8 Å². The predicted octanol–water partition coefficient (Wildman–Crippen LogP) is 3.26. The Morgan fingerprint density at radius 1 is 1.21 bits per heavy atom. The second kappa shape index (κ2) is 6.42. The highest BCUT2D eigenvalue weighted by Crippen LogP contribution is 2.68. The Hall–Kier alpha value is -1.66. The van der Waals surface area contributed by atoms with Gasteiger partial charge in [-0.2, -0.15) is 0 Å². The second-order valence-corrected chi connectivity index (χ2v) is 9.81. The van der Waals surface area contributed by atoms with E-state index in [4.69, 9.17) is 21.1 Å². The van der Waals surface area contributed by atoms with Crippen LogP contribution in [-0.4, -0.2) is 34.7 Å². The molecule has 1 N–H and O–H groups in total. The molecule has 2 fully saturated rings. The van der Waals surface area contributed by atoms with Gasteiger partial charge in [0.1, 0.15) is 0 Å². The van der Waals surface area contributed by atoms with Gasteiger partial charge in [-0.25, -0.2) is 4.79 Å². The molecule has 4 aliphatic rings. The summed E-state index contributed by atoms with van der Waals surface area (Å²) in [6.07, 6.45) is 4.63. The van der Waals surface area contributed by atoms with Crippen LogP contribution in [-0.2, 0) is 23.9 Å². The highest BCUT2D eigenvalue weighted by atomic mass is 35.5. The van der Waals surface area contributed by atoms with Crippen molar-refractivity contribution in [3.05, 3.63) is 22.8 Å². The van der Waals surface area contributed by atoms with E-state index >= 15 is 0 Å². The molecule has 0 aromatic heterocycles. The molecule has 0 aromatic carbocycles. The van der Waals surface area contributed by atoms with E-state index in [1.165, 1.54) is 19.9 Å². The summed E-state index contributed by atoms with van der Waals surface area (Å²) in [6, 6.07) is 0.